The molecule has 13 heteroatoms. The van der Waals surface area contributed by atoms with E-state index in [4.69, 9.17) is 47.1 Å². The van der Waals surface area contributed by atoms with Crippen LogP contribution in [0.3, 0.4) is 0 Å². The summed E-state index contributed by atoms with van der Waals surface area (Å²) in [7, 11) is -2.10. The molecule has 4 rings (SSSR count). The number of allylic oxidation sites excluding steroid dienone is 10. The molecule has 1 N–H and O–H groups in total. The molecule has 4 saturated heterocycles. The Bertz CT molecular complexity index is 1820. The highest BCUT2D eigenvalue weighted by molar-refractivity contribution is 6.74. The monoisotopic (exact) mass is 1030 g/mol. The number of aliphatic hydroxyl groups is 1. The topological polar surface area (TPSA) is 130 Å². The van der Waals surface area contributed by atoms with Crippen molar-refractivity contribution in [2.75, 3.05) is 6.61 Å². The average molecular weight is 1030 g/mol. The number of aliphatic hydroxyl groups excluding tert-OH is 1. The molecule has 4 heterocycles. The first-order valence-electron chi connectivity index (χ1n) is 27.4. The van der Waals surface area contributed by atoms with Gasteiger partial charge in [-0.2, -0.15) is 0 Å². The van der Waals surface area contributed by atoms with Crippen molar-refractivity contribution in [2.24, 2.45) is 11.8 Å². The summed E-state index contributed by atoms with van der Waals surface area (Å²) in [4.78, 5) is 11.4. The summed E-state index contributed by atoms with van der Waals surface area (Å²) in [6.07, 6.45) is 30.7. The fourth-order valence-corrected chi connectivity index (χ4v) is 11.8. The van der Waals surface area contributed by atoms with Gasteiger partial charge in [-0.1, -0.05) is 108 Å². The molecule has 0 radical (unpaired) electrons. The molecule has 0 spiro atoms. The molecule has 0 aliphatic carbocycles. The van der Waals surface area contributed by atoms with Crippen molar-refractivity contribution in [3.05, 3.63) is 72.9 Å². The van der Waals surface area contributed by atoms with E-state index in [9.17, 15) is 9.90 Å². The summed E-state index contributed by atoms with van der Waals surface area (Å²) < 4.78 is 64.8. The number of carbonyl (C=O) groups is 1. The molecule has 0 bridgehead atoms. The summed E-state index contributed by atoms with van der Waals surface area (Å²) in [5, 5.41) is 10.7. The Morgan fingerprint density at radius 2 is 0.958 bits per heavy atom. The summed E-state index contributed by atoms with van der Waals surface area (Å²) in [6, 6.07) is 0. The van der Waals surface area contributed by atoms with E-state index < -0.39 is 31.5 Å². The van der Waals surface area contributed by atoms with E-state index in [2.05, 4.69) is 66.8 Å². The zero-order chi connectivity index (χ0) is 53.5. The largest absolute Gasteiger partial charge is 0.463 e. The zero-order valence-electron chi connectivity index (χ0n) is 47.8. The third-order valence-corrected chi connectivity index (χ3v) is 18.9. The minimum Gasteiger partial charge on any atom is -0.463 e. The molecule has 0 aromatic carbocycles. The number of rotatable bonds is 24. The van der Waals surface area contributed by atoms with Crippen LogP contribution in [0.25, 0.3) is 0 Å². The number of esters is 1. The van der Waals surface area contributed by atoms with Gasteiger partial charge in [-0.15, -0.1) is 0 Å². The number of ether oxygens (including phenoxy) is 9. The van der Waals surface area contributed by atoms with Crippen molar-refractivity contribution in [2.45, 2.75) is 277 Å². The van der Waals surface area contributed by atoms with Crippen molar-refractivity contribution >= 4 is 14.3 Å². The smallest absolute Gasteiger partial charge is 0.330 e. The highest BCUT2D eigenvalue weighted by atomic mass is 28.4. The lowest BCUT2D eigenvalue weighted by molar-refractivity contribution is -0.339. The van der Waals surface area contributed by atoms with Gasteiger partial charge in [0, 0.05) is 51.0 Å². The van der Waals surface area contributed by atoms with E-state index in [1.165, 1.54) is 6.08 Å². The Morgan fingerprint density at radius 1 is 0.597 bits per heavy atom. The normalized spacial score (nSPS) is 30.6. The molecule has 4 fully saturated rings. The SMILES string of the molecule is CCOC(=O)/C=C/C=C/C=C/C=C/C=C/C=C/C[C@H](C[C@H]1C[C@@H](C[C@H]2C[C@H](C[C@H]3C[C@H](C[C@@H]4C[C@H](CC[C@H](C)[C@@H](O)C(C)C)OC(C)(C)O4)OC(C)(C)O3)OC(C)(C)O2)OC(C)(C)O1)O[Si](C)(C)C(C)(C)C. The van der Waals surface area contributed by atoms with E-state index in [1.54, 1.807) is 19.1 Å². The summed E-state index contributed by atoms with van der Waals surface area (Å²) in [5.41, 5.74) is 0. The van der Waals surface area contributed by atoms with Crippen LogP contribution in [0, 0.1) is 11.8 Å². The van der Waals surface area contributed by atoms with E-state index >= 15 is 0 Å². The molecule has 0 aromatic rings. The Balaban J connectivity index is 1.36. The van der Waals surface area contributed by atoms with Crippen LogP contribution in [-0.4, -0.2) is 110 Å². The zero-order valence-corrected chi connectivity index (χ0v) is 48.8. The van der Waals surface area contributed by atoms with Gasteiger partial charge in [-0.3, -0.25) is 0 Å². The van der Waals surface area contributed by atoms with E-state index in [0.717, 1.165) is 70.6 Å². The predicted octanol–water partition coefficient (Wildman–Crippen LogP) is 13.3. The van der Waals surface area contributed by atoms with E-state index in [-0.39, 0.29) is 83.9 Å². The molecule has 0 unspecified atom stereocenters. The van der Waals surface area contributed by atoms with Crippen LogP contribution in [0.1, 0.15) is 174 Å². The maximum absolute atomic E-state index is 11.4. The quantitative estimate of drug-likeness (QED) is 0.0427. The van der Waals surface area contributed by atoms with Crippen molar-refractivity contribution in [1.82, 2.24) is 0 Å². The van der Waals surface area contributed by atoms with Crippen LogP contribution in [0.15, 0.2) is 72.9 Å². The fraction of sp³-hybridized carbons (Fsp3) is 0.780. The van der Waals surface area contributed by atoms with Crippen molar-refractivity contribution in [3.63, 3.8) is 0 Å². The molecule has 12 nitrogen and oxygen atoms in total. The van der Waals surface area contributed by atoms with Gasteiger partial charge in [-0.25, -0.2) is 4.79 Å². The molecule has 11 atom stereocenters. The average Bonchev–Trinajstić information content (AvgIpc) is 3.21. The molecule has 0 aromatic heterocycles. The maximum Gasteiger partial charge on any atom is 0.330 e. The van der Waals surface area contributed by atoms with Crippen molar-refractivity contribution < 1.29 is 57.0 Å². The Kier molecular flexibility index (Phi) is 23.9. The van der Waals surface area contributed by atoms with Gasteiger partial charge in [0.2, 0.25) is 0 Å². The van der Waals surface area contributed by atoms with Gasteiger partial charge in [0.1, 0.15) is 0 Å². The second-order valence-corrected chi connectivity index (χ2v) is 29.3. The lowest BCUT2D eigenvalue weighted by Crippen LogP contribution is -2.52. The summed E-state index contributed by atoms with van der Waals surface area (Å²) >= 11 is 0. The van der Waals surface area contributed by atoms with Crippen LogP contribution < -0.4 is 0 Å². The van der Waals surface area contributed by atoms with Crippen LogP contribution in [0.4, 0.5) is 0 Å². The fourth-order valence-electron chi connectivity index (χ4n) is 10.4. The van der Waals surface area contributed by atoms with Gasteiger partial charge < -0.3 is 52.2 Å². The van der Waals surface area contributed by atoms with Crippen LogP contribution in [0.5, 0.6) is 0 Å². The number of carbonyl (C=O) groups excluding carboxylic acids is 1. The Hall–Kier alpha value is -2.27. The minimum atomic E-state index is -2.10. The molecule has 72 heavy (non-hydrogen) atoms. The molecule has 0 saturated carbocycles. The van der Waals surface area contributed by atoms with Crippen LogP contribution in [-0.2, 0) is 51.9 Å². The van der Waals surface area contributed by atoms with Crippen molar-refractivity contribution in [1.29, 1.82) is 0 Å². The van der Waals surface area contributed by atoms with Gasteiger partial charge in [0.05, 0.1) is 67.6 Å². The van der Waals surface area contributed by atoms with Gasteiger partial charge in [-0.05, 0) is 118 Å². The molecule has 4 aliphatic rings. The van der Waals surface area contributed by atoms with E-state index in [0.29, 0.717) is 6.61 Å². The molecule has 4 aliphatic heterocycles. The lowest BCUT2D eigenvalue weighted by atomic mass is 9.88. The molecule has 0 amide bonds. The van der Waals surface area contributed by atoms with Gasteiger partial charge in [0.15, 0.2) is 31.5 Å². The summed E-state index contributed by atoms with van der Waals surface area (Å²) in [5.74, 6) is -2.91. The maximum atomic E-state index is 11.4. The van der Waals surface area contributed by atoms with Crippen molar-refractivity contribution in [3.8, 4) is 0 Å². The number of hydrogen-bond acceptors (Lipinski definition) is 12. The number of hydrogen-bond donors (Lipinski definition) is 1. The lowest BCUT2D eigenvalue weighted by Gasteiger charge is -2.47. The highest BCUT2D eigenvalue weighted by Gasteiger charge is 2.46. The van der Waals surface area contributed by atoms with Gasteiger partial charge >= 0.3 is 5.97 Å². The first kappa shape index (κ1) is 62.3. The molecular formula is C59H100O12Si. The minimum absolute atomic E-state index is 0.0153. The molecule has 412 valence electrons. The third-order valence-electron chi connectivity index (χ3n) is 14.3. The van der Waals surface area contributed by atoms with E-state index in [1.807, 2.05) is 97.9 Å². The Morgan fingerprint density at radius 3 is 1.36 bits per heavy atom. The molecular weight excluding hydrogens is 929 g/mol. The second kappa shape index (κ2) is 27.7. The highest BCUT2D eigenvalue weighted by Crippen LogP contribution is 2.42. The standard InChI is InChI=1S/C59H100O12Si/c1-18-62-53(60)31-29-27-25-23-21-19-20-22-24-26-28-30-45(71-72(16,17)55(5,6)7)35-47-37-49(67-57(10,11)65-47)39-51-41-52(70-59(14,15)69-51)40-50-38-48(66-58(12,13)68-50)36-46-34-44(63-56(8,9)64-46)33-32-43(4)54(61)42(2)3/h19-29,31,42-52,54,61H,18,30,32-41H2,1-17H3/b20-19+,23-21+,24-22+,27-25+,28-26+,31-29+/t43-,44-,45+,46-,47-,48-,49-,50+,51-,52-,54-/m0/s1. The summed E-state index contributed by atoms with van der Waals surface area (Å²) in [6.45, 7) is 36.0. The van der Waals surface area contributed by atoms with Crippen LogP contribution in [0.2, 0.25) is 18.1 Å². The first-order valence-corrected chi connectivity index (χ1v) is 30.3. The van der Waals surface area contributed by atoms with Crippen LogP contribution >= 0.6 is 0 Å². The Labute approximate surface area is 437 Å². The van der Waals surface area contributed by atoms with Gasteiger partial charge in [0.25, 0.3) is 0 Å². The second-order valence-electron chi connectivity index (χ2n) is 24.5. The third kappa shape index (κ3) is 22.5. The first-order chi connectivity index (χ1) is 33.4. The predicted molar refractivity (Wildman–Crippen MR) is 290 cm³/mol.